The third-order valence-corrected chi connectivity index (χ3v) is 5.40. The maximum absolute atomic E-state index is 5.41. The third-order valence-electron chi connectivity index (χ3n) is 5.40. The van der Waals surface area contributed by atoms with Crippen molar-refractivity contribution in [1.82, 2.24) is 0 Å². The maximum Gasteiger partial charge on any atom is 0.141 e. The van der Waals surface area contributed by atoms with Gasteiger partial charge in [0.25, 0.3) is 0 Å². The van der Waals surface area contributed by atoms with E-state index in [1.807, 2.05) is 0 Å². The molecule has 0 amide bonds. The molecule has 2 aliphatic rings. The number of likely N-dealkylation sites (N-methyl/N-ethyl adjacent to an activating group) is 1. The van der Waals surface area contributed by atoms with Gasteiger partial charge >= 0.3 is 0 Å². The second-order valence-electron chi connectivity index (χ2n) is 6.59. The molecule has 2 nitrogen and oxygen atoms in total. The minimum absolute atomic E-state index is 0. The number of halogens is 1. The molecule has 2 heterocycles. The largest absolute Gasteiger partial charge is 1.00 e. The monoisotopic (exact) mass is 407 g/mol. The van der Waals surface area contributed by atoms with E-state index in [0.29, 0.717) is 6.04 Å². The van der Waals surface area contributed by atoms with Crippen LogP contribution in [0.3, 0.4) is 0 Å². The molecule has 2 aromatic carbocycles. The molecule has 0 saturated carbocycles. The number of quaternary nitrogens is 1. The molecule has 0 N–H and O–H groups in total. The Balaban J connectivity index is 0.00000144. The van der Waals surface area contributed by atoms with Crippen molar-refractivity contribution >= 4 is 0 Å². The van der Waals surface area contributed by atoms with Crippen LogP contribution >= 0.6 is 0 Å². The normalized spacial score (nSPS) is 25.3. The van der Waals surface area contributed by atoms with Gasteiger partial charge in [0.2, 0.25) is 0 Å². The zero-order valence-corrected chi connectivity index (χ0v) is 15.3. The lowest BCUT2D eigenvalue weighted by atomic mass is 9.81. The van der Waals surface area contributed by atoms with E-state index in [4.69, 9.17) is 4.74 Å². The van der Waals surface area contributed by atoms with Crippen molar-refractivity contribution in [2.45, 2.75) is 18.9 Å². The minimum atomic E-state index is 0. The first-order chi connectivity index (χ1) is 10.2. The summed E-state index contributed by atoms with van der Waals surface area (Å²) >= 11 is 0. The Bertz CT molecular complexity index is 700. The predicted octanol–water partition coefficient (Wildman–Crippen LogP) is 0.347. The van der Waals surface area contributed by atoms with Gasteiger partial charge in [-0.15, -0.1) is 0 Å². The number of benzene rings is 2. The smallest absolute Gasteiger partial charge is 0.141 e. The topological polar surface area (TPSA) is 9.23 Å². The summed E-state index contributed by atoms with van der Waals surface area (Å²) in [4.78, 5) is 0. The van der Waals surface area contributed by atoms with Crippen LogP contribution in [-0.4, -0.2) is 31.7 Å². The molecule has 2 aliphatic heterocycles. The van der Waals surface area contributed by atoms with Crippen LogP contribution in [0, 0.1) is 0 Å². The Morgan fingerprint density at radius 2 is 1.64 bits per heavy atom. The molecule has 0 spiro atoms. The summed E-state index contributed by atoms with van der Waals surface area (Å²) in [6.07, 6.45) is 2.36. The van der Waals surface area contributed by atoms with Gasteiger partial charge in [-0.3, -0.25) is 0 Å². The van der Waals surface area contributed by atoms with Crippen molar-refractivity contribution in [1.29, 1.82) is 0 Å². The van der Waals surface area contributed by atoms with Crippen LogP contribution in [-0.2, 0) is 12.8 Å². The number of hydrogen-bond donors (Lipinski definition) is 0. The Labute approximate surface area is 149 Å². The van der Waals surface area contributed by atoms with E-state index in [2.05, 4.69) is 49.5 Å². The fourth-order valence-electron chi connectivity index (χ4n) is 4.18. The number of fused-ring (bicyclic) bond motifs is 5. The molecule has 116 valence electrons. The lowest BCUT2D eigenvalue weighted by Gasteiger charge is -2.49. The lowest BCUT2D eigenvalue weighted by molar-refractivity contribution is -0.937. The van der Waals surface area contributed by atoms with Crippen molar-refractivity contribution in [2.24, 2.45) is 0 Å². The van der Waals surface area contributed by atoms with E-state index >= 15 is 0 Å². The summed E-state index contributed by atoms with van der Waals surface area (Å²) in [5.74, 6) is 0.981. The molecule has 0 aromatic heterocycles. The number of nitrogens with zero attached hydrogens (tertiary/aromatic N) is 1. The molecule has 0 radical (unpaired) electrons. The number of ether oxygens (including phenoxy) is 1. The van der Waals surface area contributed by atoms with E-state index in [1.54, 1.807) is 7.11 Å². The molecule has 2 atom stereocenters. The van der Waals surface area contributed by atoms with Gasteiger partial charge in [-0.25, -0.2) is 0 Å². The highest BCUT2D eigenvalue weighted by Crippen LogP contribution is 2.44. The van der Waals surface area contributed by atoms with Gasteiger partial charge in [-0.2, -0.15) is 0 Å². The molecule has 0 aliphatic carbocycles. The molecule has 0 fully saturated rings. The first-order valence-corrected chi connectivity index (χ1v) is 7.80. The number of rotatable bonds is 1. The lowest BCUT2D eigenvalue weighted by Crippen LogP contribution is -3.00. The highest BCUT2D eigenvalue weighted by molar-refractivity contribution is 5.45. The Morgan fingerprint density at radius 1 is 0.955 bits per heavy atom. The Kier molecular flexibility index (Phi) is 4.21. The average molecular weight is 407 g/mol. The quantitative estimate of drug-likeness (QED) is 0.490. The Hall–Kier alpha value is -1.07. The Morgan fingerprint density at radius 3 is 2.41 bits per heavy atom. The summed E-state index contributed by atoms with van der Waals surface area (Å²) in [7, 11) is 4.18. The van der Waals surface area contributed by atoms with Crippen LogP contribution in [0.4, 0.5) is 0 Å². The maximum atomic E-state index is 5.41. The van der Waals surface area contributed by atoms with E-state index in [-0.39, 0.29) is 24.0 Å². The molecule has 2 aromatic rings. The predicted molar refractivity (Wildman–Crippen MR) is 84.6 cm³/mol. The molecule has 2 unspecified atom stereocenters. The first-order valence-electron chi connectivity index (χ1n) is 7.80. The number of methoxy groups -OCH3 is 1. The van der Waals surface area contributed by atoms with Gasteiger partial charge in [0.1, 0.15) is 11.8 Å². The fourth-order valence-corrected chi connectivity index (χ4v) is 4.18. The van der Waals surface area contributed by atoms with Crippen molar-refractivity contribution in [3.05, 3.63) is 64.7 Å². The molecule has 0 bridgehead atoms. The molecule has 4 rings (SSSR count). The van der Waals surface area contributed by atoms with Gasteiger partial charge in [0, 0.05) is 24.0 Å². The average Bonchev–Trinajstić information content (AvgIpc) is 2.53. The van der Waals surface area contributed by atoms with Crippen LogP contribution < -0.4 is 28.7 Å². The molecular weight excluding hydrogens is 385 g/mol. The standard InChI is InChI=1S/C19H22NO.HI/c1-20-11-9-14-5-3-4-6-17(14)19(20)18-8-7-16(21-2)13-15(18)10-12-20;/h3-8,13,19H,9-12H2,1-2H3;1H/q+1;/p-1. The van der Waals surface area contributed by atoms with E-state index in [0.717, 1.165) is 16.7 Å². The van der Waals surface area contributed by atoms with Crippen molar-refractivity contribution in [3.63, 3.8) is 0 Å². The van der Waals surface area contributed by atoms with Crippen molar-refractivity contribution < 1.29 is 33.2 Å². The van der Waals surface area contributed by atoms with E-state index in [9.17, 15) is 0 Å². The van der Waals surface area contributed by atoms with Crippen molar-refractivity contribution in [2.75, 3.05) is 27.2 Å². The molecule has 22 heavy (non-hydrogen) atoms. The molecular formula is C19H22INO. The summed E-state index contributed by atoms with van der Waals surface area (Å²) in [5, 5.41) is 0. The van der Waals surface area contributed by atoms with Crippen LogP contribution in [0.25, 0.3) is 0 Å². The van der Waals surface area contributed by atoms with E-state index < -0.39 is 0 Å². The van der Waals surface area contributed by atoms with Crippen LogP contribution in [0.5, 0.6) is 5.75 Å². The van der Waals surface area contributed by atoms with Gasteiger partial charge in [-0.1, -0.05) is 24.3 Å². The van der Waals surface area contributed by atoms with Gasteiger partial charge in [-0.05, 0) is 29.3 Å². The second-order valence-corrected chi connectivity index (χ2v) is 6.59. The van der Waals surface area contributed by atoms with Crippen LogP contribution in [0.1, 0.15) is 28.3 Å². The minimum Gasteiger partial charge on any atom is -1.00 e. The van der Waals surface area contributed by atoms with Gasteiger partial charge in [0.15, 0.2) is 0 Å². The van der Waals surface area contributed by atoms with Crippen LogP contribution in [0.2, 0.25) is 0 Å². The summed E-state index contributed by atoms with van der Waals surface area (Å²) in [5.41, 5.74) is 6.02. The van der Waals surface area contributed by atoms with Gasteiger partial charge in [0.05, 0.1) is 27.2 Å². The number of hydrogen-bond acceptors (Lipinski definition) is 1. The highest BCUT2D eigenvalue weighted by atomic mass is 127. The molecule has 0 saturated heterocycles. The zero-order valence-electron chi connectivity index (χ0n) is 13.2. The van der Waals surface area contributed by atoms with Crippen molar-refractivity contribution in [3.8, 4) is 5.75 Å². The van der Waals surface area contributed by atoms with E-state index in [1.165, 1.54) is 41.8 Å². The SMILES string of the molecule is COc1ccc2c(c1)CC[N+]1(C)CCc3ccccc3C21.[I-]. The fraction of sp³-hybridized carbons (Fsp3) is 0.368. The molecule has 3 heteroatoms. The van der Waals surface area contributed by atoms with Gasteiger partial charge < -0.3 is 33.2 Å². The zero-order chi connectivity index (χ0) is 14.4. The van der Waals surface area contributed by atoms with Crippen LogP contribution in [0.15, 0.2) is 42.5 Å². The summed E-state index contributed by atoms with van der Waals surface area (Å²) in [6, 6.07) is 16.1. The highest BCUT2D eigenvalue weighted by Gasteiger charge is 2.43. The first kappa shape index (κ1) is 15.8. The second kappa shape index (κ2) is 5.85. The third kappa shape index (κ3) is 2.35. The summed E-state index contributed by atoms with van der Waals surface area (Å²) < 4.78 is 6.55. The summed E-state index contributed by atoms with van der Waals surface area (Å²) in [6.45, 7) is 2.46.